The zero-order chi connectivity index (χ0) is 10.1. The van der Waals surface area contributed by atoms with Gasteiger partial charge in [0.25, 0.3) is 0 Å². The van der Waals surface area contributed by atoms with Crippen molar-refractivity contribution < 1.29 is 5.11 Å². The van der Waals surface area contributed by atoms with Gasteiger partial charge in [-0.25, -0.2) is 0 Å². The number of hydrogen-bond donors (Lipinski definition) is 1. The van der Waals surface area contributed by atoms with Crippen LogP contribution < -0.4 is 0 Å². The van der Waals surface area contributed by atoms with Crippen LogP contribution in [0, 0.1) is 0 Å². The van der Waals surface area contributed by atoms with Crippen LogP contribution in [0.2, 0.25) is 0 Å². The van der Waals surface area contributed by atoms with Crippen molar-refractivity contribution in [2.24, 2.45) is 0 Å². The standard InChI is InChI=1S/C12H16O/c1-4-6-7-9-12(8-5-2)11(3)10-13/h4-9,13H,2-3,10H2,1H3/b6-4-,9-7-,12-8+. The molecule has 0 saturated carbocycles. The van der Waals surface area contributed by atoms with E-state index in [0.717, 1.165) is 5.57 Å². The predicted molar refractivity (Wildman–Crippen MR) is 58.5 cm³/mol. The molecule has 0 aromatic carbocycles. The molecule has 0 aliphatic rings. The van der Waals surface area contributed by atoms with E-state index >= 15 is 0 Å². The average Bonchev–Trinajstić information content (AvgIpc) is 2.16. The first-order chi connectivity index (χ1) is 6.26. The molecule has 0 fully saturated rings. The fourth-order valence-corrected chi connectivity index (χ4v) is 0.780. The van der Waals surface area contributed by atoms with E-state index < -0.39 is 0 Å². The molecule has 0 saturated heterocycles. The quantitative estimate of drug-likeness (QED) is 0.639. The maximum atomic E-state index is 8.86. The van der Waals surface area contributed by atoms with Crippen molar-refractivity contribution in [2.45, 2.75) is 6.92 Å². The van der Waals surface area contributed by atoms with Crippen molar-refractivity contribution >= 4 is 0 Å². The Balaban J connectivity index is 4.53. The van der Waals surface area contributed by atoms with Crippen LogP contribution in [0.25, 0.3) is 0 Å². The third-order valence-electron chi connectivity index (χ3n) is 1.48. The molecule has 0 radical (unpaired) electrons. The Morgan fingerprint density at radius 2 is 2.08 bits per heavy atom. The van der Waals surface area contributed by atoms with Gasteiger partial charge < -0.3 is 5.11 Å². The van der Waals surface area contributed by atoms with Crippen molar-refractivity contribution in [3.05, 3.63) is 60.8 Å². The first kappa shape index (κ1) is 11.7. The van der Waals surface area contributed by atoms with Crippen LogP contribution in [0.4, 0.5) is 0 Å². The molecule has 0 aromatic rings. The number of aliphatic hydroxyl groups excluding tert-OH is 1. The van der Waals surface area contributed by atoms with Crippen molar-refractivity contribution in [3.8, 4) is 0 Å². The van der Waals surface area contributed by atoms with Gasteiger partial charge in [-0.1, -0.05) is 49.6 Å². The molecule has 0 aliphatic heterocycles. The van der Waals surface area contributed by atoms with E-state index in [1.807, 2.05) is 37.3 Å². The third kappa shape index (κ3) is 4.99. The van der Waals surface area contributed by atoms with Gasteiger partial charge in [0.2, 0.25) is 0 Å². The molecule has 1 nitrogen and oxygen atoms in total. The second-order valence-corrected chi connectivity index (χ2v) is 2.50. The zero-order valence-corrected chi connectivity index (χ0v) is 8.03. The molecule has 0 amide bonds. The largest absolute Gasteiger partial charge is 0.392 e. The molecular formula is C12H16O. The molecular weight excluding hydrogens is 160 g/mol. The van der Waals surface area contributed by atoms with Crippen molar-refractivity contribution in [1.29, 1.82) is 0 Å². The fraction of sp³-hybridized carbons (Fsp3) is 0.167. The van der Waals surface area contributed by atoms with Crippen LogP contribution in [0.5, 0.6) is 0 Å². The maximum absolute atomic E-state index is 8.86. The van der Waals surface area contributed by atoms with Crippen LogP contribution in [0.1, 0.15) is 6.92 Å². The average molecular weight is 176 g/mol. The lowest BCUT2D eigenvalue weighted by molar-refractivity contribution is 0.334. The number of aliphatic hydroxyl groups is 1. The Bertz CT molecular complexity index is 254. The minimum atomic E-state index is -0.0279. The molecule has 0 heterocycles. The Morgan fingerprint density at radius 1 is 1.38 bits per heavy atom. The van der Waals surface area contributed by atoms with Gasteiger partial charge in [-0.05, 0) is 18.1 Å². The normalized spacial score (nSPS) is 12.6. The predicted octanol–water partition coefficient (Wildman–Crippen LogP) is 2.78. The van der Waals surface area contributed by atoms with Gasteiger partial charge in [0.15, 0.2) is 0 Å². The second-order valence-electron chi connectivity index (χ2n) is 2.50. The van der Waals surface area contributed by atoms with Gasteiger partial charge in [-0.2, -0.15) is 0 Å². The minimum absolute atomic E-state index is 0.0279. The lowest BCUT2D eigenvalue weighted by Crippen LogP contribution is -1.90. The Labute approximate surface area is 80.1 Å². The number of rotatable bonds is 5. The van der Waals surface area contributed by atoms with Gasteiger partial charge >= 0.3 is 0 Å². The molecule has 70 valence electrons. The van der Waals surface area contributed by atoms with E-state index in [0.29, 0.717) is 5.57 Å². The van der Waals surface area contributed by atoms with Crippen molar-refractivity contribution in [1.82, 2.24) is 0 Å². The van der Waals surface area contributed by atoms with E-state index in [2.05, 4.69) is 13.2 Å². The first-order valence-electron chi connectivity index (χ1n) is 4.17. The summed E-state index contributed by atoms with van der Waals surface area (Å²) in [6.07, 6.45) is 11.1. The zero-order valence-electron chi connectivity index (χ0n) is 8.03. The van der Waals surface area contributed by atoms with Gasteiger partial charge in [-0.3, -0.25) is 0 Å². The first-order valence-corrected chi connectivity index (χ1v) is 4.17. The van der Waals surface area contributed by atoms with Gasteiger partial charge in [0, 0.05) is 0 Å². The van der Waals surface area contributed by atoms with Crippen LogP contribution >= 0.6 is 0 Å². The van der Waals surface area contributed by atoms with Crippen LogP contribution in [-0.4, -0.2) is 11.7 Å². The monoisotopic (exact) mass is 176 g/mol. The summed E-state index contributed by atoms with van der Waals surface area (Å²) in [5.41, 5.74) is 1.59. The van der Waals surface area contributed by atoms with Gasteiger partial charge in [-0.15, -0.1) is 0 Å². The molecule has 0 atom stereocenters. The summed E-state index contributed by atoms with van der Waals surface area (Å²) in [5.74, 6) is 0. The maximum Gasteiger partial charge on any atom is 0.0681 e. The van der Waals surface area contributed by atoms with Crippen molar-refractivity contribution in [2.75, 3.05) is 6.61 Å². The van der Waals surface area contributed by atoms with E-state index in [1.165, 1.54) is 0 Å². The molecule has 0 bridgehead atoms. The summed E-state index contributed by atoms with van der Waals surface area (Å²) in [4.78, 5) is 0. The van der Waals surface area contributed by atoms with Crippen LogP contribution in [0.15, 0.2) is 60.8 Å². The summed E-state index contributed by atoms with van der Waals surface area (Å²) in [6, 6.07) is 0. The molecule has 0 rings (SSSR count). The highest BCUT2D eigenvalue weighted by Crippen LogP contribution is 2.08. The highest BCUT2D eigenvalue weighted by Gasteiger charge is 1.94. The summed E-state index contributed by atoms with van der Waals surface area (Å²) in [7, 11) is 0. The molecule has 0 aromatic heterocycles. The molecule has 0 aliphatic carbocycles. The molecule has 0 unspecified atom stereocenters. The molecule has 0 spiro atoms. The topological polar surface area (TPSA) is 20.2 Å². The second kappa shape index (κ2) is 7.32. The third-order valence-corrected chi connectivity index (χ3v) is 1.48. The number of hydrogen-bond acceptors (Lipinski definition) is 1. The van der Waals surface area contributed by atoms with Gasteiger partial charge in [0.05, 0.1) is 6.61 Å². The van der Waals surface area contributed by atoms with E-state index in [1.54, 1.807) is 6.08 Å². The van der Waals surface area contributed by atoms with E-state index in [4.69, 9.17) is 5.11 Å². The lowest BCUT2D eigenvalue weighted by atomic mass is 10.1. The van der Waals surface area contributed by atoms with E-state index in [-0.39, 0.29) is 6.61 Å². The highest BCUT2D eigenvalue weighted by molar-refractivity contribution is 5.41. The van der Waals surface area contributed by atoms with Crippen LogP contribution in [0.3, 0.4) is 0 Å². The summed E-state index contributed by atoms with van der Waals surface area (Å²) < 4.78 is 0. The summed E-state index contributed by atoms with van der Waals surface area (Å²) >= 11 is 0. The minimum Gasteiger partial charge on any atom is -0.392 e. The fourth-order valence-electron chi connectivity index (χ4n) is 0.780. The Morgan fingerprint density at radius 3 is 2.54 bits per heavy atom. The van der Waals surface area contributed by atoms with Crippen LogP contribution in [-0.2, 0) is 0 Å². The highest BCUT2D eigenvalue weighted by atomic mass is 16.3. The van der Waals surface area contributed by atoms with E-state index in [9.17, 15) is 0 Å². The lowest BCUT2D eigenvalue weighted by Gasteiger charge is -2.00. The van der Waals surface area contributed by atoms with Crippen molar-refractivity contribution in [3.63, 3.8) is 0 Å². The Kier molecular flexibility index (Phi) is 6.56. The molecule has 1 N–H and O–H groups in total. The molecule has 1 heteroatoms. The number of allylic oxidation sites excluding steroid dienone is 6. The Hall–Kier alpha value is -1.34. The summed E-state index contributed by atoms with van der Waals surface area (Å²) in [6.45, 7) is 9.24. The summed E-state index contributed by atoms with van der Waals surface area (Å²) in [5, 5.41) is 8.86. The molecule has 13 heavy (non-hydrogen) atoms. The van der Waals surface area contributed by atoms with Gasteiger partial charge in [0.1, 0.15) is 0 Å². The SMILES string of the molecule is C=C\C=C(/C=C\C=C/C)C(=C)CO. The smallest absolute Gasteiger partial charge is 0.0681 e.